The molecule has 9 heteroatoms. The standard InChI is InChI=1S/C26H24N2O6S/c1-18-23-6-4-5-7-24(23)26(30)28(18)17-16-25(29)34-21-10-8-19(9-11-21)27(2)35(31,32)22-14-12-20(33-3)13-15-22/h4-15H,1,16-17H2,2-3H3. The highest BCUT2D eigenvalue weighted by Crippen LogP contribution is 2.31. The van der Waals surface area contributed by atoms with Crippen LogP contribution in [0.5, 0.6) is 11.5 Å². The van der Waals surface area contributed by atoms with Gasteiger partial charge >= 0.3 is 5.97 Å². The average molecular weight is 493 g/mol. The highest BCUT2D eigenvalue weighted by molar-refractivity contribution is 7.92. The van der Waals surface area contributed by atoms with Gasteiger partial charge in [0.05, 0.1) is 24.1 Å². The van der Waals surface area contributed by atoms with E-state index in [1.54, 1.807) is 36.4 Å². The summed E-state index contributed by atoms with van der Waals surface area (Å²) in [5, 5.41) is 0. The molecule has 0 aliphatic carbocycles. The van der Waals surface area contributed by atoms with Crippen LogP contribution in [-0.4, -0.2) is 45.9 Å². The molecule has 0 radical (unpaired) electrons. The SMILES string of the molecule is C=C1c2ccccc2C(=O)N1CCC(=O)Oc1ccc(N(C)S(=O)(=O)c2ccc(OC)cc2)cc1. The van der Waals surface area contributed by atoms with E-state index >= 15 is 0 Å². The fourth-order valence-corrected chi connectivity index (χ4v) is 4.92. The number of sulfonamides is 1. The molecule has 3 aromatic rings. The monoisotopic (exact) mass is 492 g/mol. The van der Waals surface area contributed by atoms with Gasteiger partial charge in [0.15, 0.2) is 0 Å². The number of rotatable bonds is 8. The lowest BCUT2D eigenvalue weighted by Crippen LogP contribution is -2.27. The number of benzene rings is 3. The molecule has 0 atom stereocenters. The lowest BCUT2D eigenvalue weighted by atomic mass is 10.1. The third kappa shape index (κ3) is 4.76. The van der Waals surface area contributed by atoms with Crippen molar-refractivity contribution in [2.45, 2.75) is 11.3 Å². The topological polar surface area (TPSA) is 93.2 Å². The largest absolute Gasteiger partial charge is 0.497 e. The Kier molecular flexibility index (Phi) is 6.61. The zero-order valence-electron chi connectivity index (χ0n) is 19.3. The van der Waals surface area contributed by atoms with Gasteiger partial charge in [0.25, 0.3) is 15.9 Å². The van der Waals surface area contributed by atoms with Crippen LogP contribution in [0.1, 0.15) is 22.3 Å². The predicted molar refractivity (Wildman–Crippen MR) is 132 cm³/mol. The van der Waals surface area contributed by atoms with Crippen molar-refractivity contribution in [2.24, 2.45) is 0 Å². The van der Waals surface area contributed by atoms with E-state index in [4.69, 9.17) is 9.47 Å². The number of fused-ring (bicyclic) bond motifs is 1. The minimum atomic E-state index is -3.78. The number of methoxy groups -OCH3 is 1. The molecule has 0 fully saturated rings. The number of nitrogens with zero attached hydrogens (tertiary/aromatic N) is 2. The Morgan fingerprint density at radius 2 is 1.54 bits per heavy atom. The van der Waals surface area contributed by atoms with Crippen LogP contribution in [0.2, 0.25) is 0 Å². The zero-order chi connectivity index (χ0) is 25.2. The molecule has 8 nitrogen and oxygen atoms in total. The Bertz CT molecular complexity index is 1350. The van der Waals surface area contributed by atoms with Crippen molar-refractivity contribution in [3.05, 3.63) is 90.5 Å². The van der Waals surface area contributed by atoms with E-state index in [2.05, 4.69) is 6.58 Å². The average Bonchev–Trinajstić information content (AvgIpc) is 3.12. The van der Waals surface area contributed by atoms with Gasteiger partial charge < -0.3 is 14.4 Å². The van der Waals surface area contributed by atoms with Gasteiger partial charge in [-0.3, -0.25) is 13.9 Å². The normalized spacial score (nSPS) is 12.9. The second-order valence-corrected chi connectivity index (χ2v) is 9.78. The smallest absolute Gasteiger partial charge is 0.312 e. The predicted octanol–water partition coefficient (Wildman–Crippen LogP) is 3.94. The van der Waals surface area contributed by atoms with Gasteiger partial charge in [-0.25, -0.2) is 8.42 Å². The van der Waals surface area contributed by atoms with E-state index in [-0.39, 0.29) is 29.5 Å². The van der Waals surface area contributed by atoms with E-state index in [0.29, 0.717) is 22.7 Å². The van der Waals surface area contributed by atoms with Gasteiger partial charge in [0, 0.05) is 30.4 Å². The van der Waals surface area contributed by atoms with Crippen LogP contribution >= 0.6 is 0 Å². The van der Waals surface area contributed by atoms with Gasteiger partial charge in [0.1, 0.15) is 11.5 Å². The number of esters is 1. The summed E-state index contributed by atoms with van der Waals surface area (Å²) in [5.41, 5.74) is 2.28. The van der Waals surface area contributed by atoms with Crippen LogP contribution in [0.3, 0.4) is 0 Å². The van der Waals surface area contributed by atoms with Crippen molar-refractivity contribution in [3.8, 4) is 11.5 Å². The Hall–Kier alpha value is -4.11. The van der Waals surface area contributed by atoms with Crippen LogP contribution in [-0.2, 0) is 14.8 Å². The summed E-state index contributed by atoms with van der Waals surface area (Å²) in [5.74, 6) is 0.113. The second-order valence-electron chi connectivity index (χ2n) is 7.82. The molecule has 0 unspecified atom stereocenters. The van der Waals surface area contributed by atoms with Gasteiger partial charge in [-0.2, -0.15) is 0 Å². The molecule has 0 bridgehead atoms. The molecule has 35 heavy (non-hydrogen) atoms. The van der Waals surface area contributed by atoms with Gasteiger partial charge in [-0.15, -0.1) is 0 Å². The fraction of sp³-hybridized carbons (Fsp3) is 0.154. The molecule has 0 saturated heterocycles. The van der Waals surface area contributed by atoms with E-state index in [1.165, 1.54) is 43.3 Å². The number of anilines is 1. The Balaban J connectivity index is 1.36. The van der Waals surface area contributed by atoms with Crippen molar-refractivity contribution in [1.82, 2.24) is 4.90 Å². The van der Waals surface area contributed by atoms with Gasteiger partial charge in [0.2, 0.25) is 0 Å². The molecule has 1 aliphatic heterocycles. The summed E-state index contributed by atoms with van der Waals surface area (Å²) >= 11 is 0. The molecule has 1 aliphatic rings. The van der Waals surface area contributed by atoms with Gasteiger partial charge in [-0.1, -0.05) is 24.8 Å². The number of amides is 1. The minimum absolute atomic E-state index is 0.0216. The van der Waals surface area contributed by atoms with Crippen molar-refractivity contribution >= 4 is 33.3 Å². The first kappa shape index (κ1) is 24.0. The van der Waals surface area contributed by atoms with Crippen LogP contribution in [0.4, 0.5) is 5.69 Å². The van der Waals surface area contributed by atoms with E-state index < -0.39 is 16.0 Å². The molecule has 0 spiro atoms. The first-order valence-corrected chi connectivity index (χ1v) is 12.2. The molecule has 1 heterocycles. The first-order valence-electron chi connectivity index (χ1n) is 10.8. The number of hydrogen-bond donors (Lipinski definition) is 0. The van der Waals surface area contributed by atoms with Crippen molar-refractivity contribution < 1.29 is 27.5 Å². The maximum Gasteiger partial charge on any atom is 0.312 e. The number of hydrogen-bond acceptors (Lipinski definition) is 6. The van der Waals surface area contributed by atoms with E-state index in [0.717, 1.165) is 9.87 Å². The highest BCUT2D eigenvalue weighted by atomic mass is 32.2. The third-order valence-corrected chi connectivity index (χ3v) is 7.53. The number of carbonyl (C=O) groups excluding carboxylic acids is 2. The quantitative estimate of drug-likeness (QED) is 0.349. The Morgan fingerprint density at radius 1 is 0.943 bits per heavy atom. The van der Waals surface area contributed by atoms with Crippen LogP contribution in [0.15, 0.2) is 84.3 Å². The maximum absolute atomic E-state index is 12.9. The molecule has 4 rings (SSSR count). The zero-order valence-corrected chi connectivity index (χ0v) is 20.1. The van der Waals surface area contributed by atoms with Crippen LogP contribution in [0.25, 0.3) is 5.70 Å². The van der Waals surface area contributed by atoms with Crippen molar-refractivity contribution in [1.29, 1.82) is 0 Å². The fourth-order valence-electron chi connectivity index (χ4n) is 3.73. The lowest BCUT2D eigenvalue weighted by Gasteiger charge is -2.20. The summed E-state index contributed by atoms with van der Waals surface area (Å²) in [4.78, 5) is 26.5. The van der Waals surface area contributed by atoms with Crippen LogP contribution in [0, 0.1) is 0 Å². The Morgan fingerprint density at radius 3 is 2.14 bits per heavy atom. The van der Waals surface area contributed by atoms with Gasteiger partial charge in [-0.05, 0) is 54.6 Å². The Labute approximate surface area is 204 Å². The maximum atomic E-state index is 12.9. The molecule has 1 amide bonds. The summed E-state index contributed by atoms with van der Waals surface area (Å²) in [7, 11) is -0.831. The third-order valence-electron chi connectivity index (χ3n) is 5.73. The second kappa shape index (κ2) is 9.63. The minimum Gasteiger partial charge on any atom is -0.497 e. The molecular weight excluding hydrogens is 468 g/mol. The summed E-state index contributed by atoms with van der Waals surface area (Å²) < 4.78 is 37.4. The molecule has 0 N–H and O–H groups in total. The number of ether oxygens (including phenoxy) is 2. The van der Waals surface area contributed by atoms with E-state index in [9.17, 15) is 18.0 Å². The molecule has 3 aromatic carbocycles. The first-order chi connectivity index (χ1) is 16.7. The molecule has 180 valence electrons. The van der Waals surface area contributed by atoms with Crippen molar-refractivity contribution in [3.63, 3.8) is 0 Å². The molecular formula is C26H24N2O6S. The summed E-state index contributed by atoms with van der Waals surface area (Å²) in [6, 6.07) is 19.4. The molecule has 0 saturated carbocycles. The van der Waals surface area contributed by atoms with E-state index in [1.807, 2.05) is 12.1 Å². The molecule has 0 aromatic heterocycles. The number of carbonyl (C=O) groups is 2. The van der Waals surface area contributed by atoms with Crippen molar-refractivity contribution in [2.75, 3.05) is 25.0 Å². The van der Waals surface area contributed by atoms with Crippen LogP contribution < -0.4 is 13.8 Å². The highest BCUT2D eigenvalue weighted by Gasteiger charge is 2.30. The summed E-state index contributed by atoms with van der Waals surface area (Å²) in [6.45, 7) is 4.10. The lowest BCUT2D eigenvalue weighted by molar-refractivity contribution is -0.134. The summed E-state index contributed by atoms with van der Waals surface area (Å²) in [6.07, 6.45) is -0.0216.